The van der Waals surface area contributed by atoms with Crippen LogP contribution in [0.4, 0.5) is 13.2 Å². The van der Waals surface area contributed by atoms with Crippen molar-refractivity contribution >= 4 is 11.6 Å². The summed E-state index contributed by atoms with van der Waals surface area (Å²) in [6.07, 6.45) is 1.56. The van der Waals surface area contributed by atoms with Crippen molar-refractivity contribution in [2.24, 2.45) is 11.8 Å². The van der Waals surface area contributed by atoms with E-state index in [0.717, 1.165) is 25.0 Å². The standard InChI is InChI=1S/C14H15ClF3NO/c1-9-4-2-3-5-10(9)8-20-13-7-11(14(16,17)18)6-12(15)19-13/h2-3,6-7,9-10H,4-5,8H2,1H3. The number of nitrogens with zero attached hydrogens (tertiary/aromatic N) is 1. The molecule has 1 aromatic heterocycles. The van der Waals surface area contributed by atoms with Crippen LogP contribution in [0.2, 0.25) is 5.15 Å². The third kappa shape index (κ3) is 3.88. The molecule has 20 heavy (non-hydrogen) atoms. The van der Waals surface area contributed by atoms with Crippen LogP contribution < -0.4 is 4.74 Å². The first-order valence-electron chi connectivity index (χ1n) is 6.39. The van der Waals surface area contributed by atoms with Crippen LogP contribution in [0.25, 0.3) is 0 Å². The topological polar surface area (TPSA) is 22.1 Å². The van der Waals surface area contributed by atoms with E-state index in [1.165, 1.54) is 0 Å². The number of allylic oxidation sites excluding steroid dienone is 2. The van der Waals surface area contributed by atoms with Crippen LogP contribution in [0, 0.1) is 11.8 Å². The zero-order chi connectivity index (χ0) is 14.8. The van der Waals surface area contributed by atoms with Gasteiger partial charge in [0.2, 0.25) is 5.88 Å². The van der Waals surface area contributed by atoms with Gasteiger partial charge in [0.1, 0.15) is 5.15 Å². The molecule has 0 radical (unpaired) electrons. The largest absolute Gasteiger partial charge is 0.477 e. The molecule has 6 heteroatoms. The van der Waals surface area contributed by atoms with E-state index in [1.807, 2.05) is 0 Å². The lowest BCUT2D eigenvalue weighted by Crippen LogP contribution is -2.21. The molecule has 2 rings (SSSR count). The van der Waals surface area contributed by atoms with Crippen molar-refractivity contribution in [2.45, 2.75) is 25.9 Å². The summed E-state index contributed by atoms with van der Waals surface area (Å²) in [6, 6.07) is 1.68. The van der Waals surface area contributed by atoms with E-state index in [9.17, 15) is 13.2 Å². The van der Waals surface area contributed by atoms with Gasteiger partial charge in [-0.3, -0.25) is 0 Å². The second-order valence-electron chi connectivity index (χ2n) is 5.01. The Morgan fingerprint density at radius 2 is 2.00 bits per heavy atom. The van der Waals surface area contributed by atoms with E-state index in [1.54, 1.807) is 0 Å². The first-order valence-corrected chi connectivity index (χ1v) is 6.76. The lowest BCUT2D eigenvalue weighted by molar-refractivity contribution is -0.137. The zero-order valence-corrected chi connectivity index (χ0v) is 11.7. The predicted molar refractivity (Wildman–Crippen MR) is 70.8 cm³/mol. The van der Waals surface area contributed by atoms with E-state index in [4.69, 9.17) is 16.3 Å². The molecule has 0 N–H and O–H groups in total. The molecule has 110 valence electrons. The minimum Gasteiger partial charge on any atom is -0.477 e. The molecule has 1 aliphatic rings. The highest BCUT2D eigenvalue weighted by molar-refractivity contribution is 6.29. The van der Waals surface area contributed by atoms with Crippen molar-refractivity contribution in [1.82, 2.24) is 4.98 Å². The molecule has 2 atom stereocenters. The van der Waals surface area contributed by atoms with Gasteiger partial charge in [-0.2, -0.15) is 13.2 Å². The maximum atomic E-state index is 12.7. The summed E-state index contributed by atoms with van der Waals surface area (Å²) in [6.45, 7) is 2.44. The fourth-order valence-electron chi connectivity index (χ4n) is 2.14. The molecular weight excluding hydrogens is 291 g/mol. The Labute approximate surface area is 120 Å². The second-order valence-corrected chi connectivity index (χ2v) is 5.39. The Balaban J connectivity index is 2.06. The highest BCUT2D eigenvalue weighted by atomic mass is 35.5. The van der Waals surface area contributed by atoms with Crippen LogP contribution in [0.15, 0.2) is 24.3 Å². The fraction of sp³-hybridized carbons (Fsp3) is 0.500. The van der Waals surface area contributed by atoms with Gasteiger partial charge in [0.15, 0.2) is 0 Å². The SMILES string of the molecule is CC1CC=CCC1COc1cc(C(F)(F)F)cc(Cl)n1. The second kappa shape index (κ2) is 6.04. The van der Waals surface area contributed by atoms with Crippen molar-refractivity contribution in [3.05, 3.63) is 35.0 Å². The van der Waals surface area contributed by atoms with Crippen LogP contribution in [-0.2, 0) is 6.18 Å². The number of hydrogen-bond donors (Lipinski definition) is 0. The summed E-state index contributed by atoms with van der Waals surface area (Å²) in [7, 11) is 0. The molecule has 2 nitrogen and oxygen atoms in total. The van der Waals surface area contributed by atoms with Gasteiger partial charge < -0.3 is 4.74 Å². The molecule has 0 aliphatic heterocycles. The van der Waals surface area contributed by atoms with Crippen molar-refractivity contribution in [3.8, 4) is 5.88 Å². The van der Waals surface area contributed by atoms with Gasteiger partial charge in [0.05, 0.1) is 12.2 Å². The summed E-state index contributed by atoms with van der Waals surface area (Å²) in [5.41, 5.74) is -0.843. The summed E-state index contributed by atoms with van der Waals surface area (Å²) < 4.78 is 43.4. The van der Waals surface area contributed by atoms with E-state index in [0.29, 0.717) is 12.5 Å². The summed E-state index contributed by atoms with van der Waals surface area (Å²) in [5, 5.41) is -0.216. The average Bonchev–Trinajstić information content (AvgIpc) is 2.36. The van der Waals surface area contributed by atoms with Crippen LogP contribution >= 0.6 is 11.6 Å². The van der Waals surface area contributed by atoms with Crippen LogP contribution in [0.1, 0.15) is 25.3 Å². The molecule has 2 unspecified atom stereocenters. The summed E-state index contributed by atoms with van der Waals surface area (Å²) >= 11 is 5.60. The smallest absolute Gasteiger partial charge is 0.416 e. The van der Waals surface area contributed by atoms with Gasteiger partial charge in [0.25, 0.3) is 0 Å². The quantitative estimate of drug-likeness (QED) is 0.594. The number of ether oxygens (including phenoxy) is 1. The molecule has 1 aromatic rings. The number of aromatic nitrogens is 1. The molecule has 0 aromatic carbocycles. The fourth-order valence-corrected chi connectivity index (χ4v) is 2.34. The number of halogens is 4. The van der Waals surface area contributed by atoms with Crippen molar-refractivity contribution in [2.75, 3.05) is 6.61 Å². The molecule has 1 aliphatic carbocycles. The number of hydrogen-bond acceptors (Lipinski definition) is 2. The predicted octanol–water partition coefficient (Wildman–Crippen LogP) is 4.73. The monoisotopic (exact) mass is 305 g/mol. The van der Waals surface area contributed by atoms with Crippen molar-refractivity contribution in [1.29, 1.82) is 0 Å². The third-order valence-corrected chi connectivity index (χ3v) is 3.65. The Kier molecular flexibility index (Phi) is 4.58. The van der Waals surface area contributed by atoms with E-state index < -0.39 is 11.7 Å². The van der Waals surface area contributed by atoms with Crippen molar-refractivity contribution in [3.63, 3.8) is 0 Å². The number of pyridine rings is 1. The maximum absolute atomic E-state index is 12.7. The Morgan fingerprint density at radius 1 is 1.30 bits per heavy atom. The van der Waals surface area contributed by atoms with Crippen LogP contribution in [0.3, 0.4) is 0 Å². The van der Waals surface area contributed by atoms with E-state index in [2.05, 4.69) is 24.1 Å². The lowest BCUT2D eigenvalue weighted by atomic mass is 9.85. The molecule has 0 bridgehead atoms. The van der Waals surface area contributed by atoms with Gasteiger partial charge in [-0.05, 0) is 30.7 Å². The Hall–Kier alpha value is -1.23. The van der Waals surface area contributed by atoms with Gasteiger partial charge in [-0.25, -0.2) is 4.98 Å². The summed E-state index contributed by atoms with van der Waals surface area (Å²) in [5.74, 6) is 0.656. The normalized spacial score (nSPS) is 22.9. The first kappa shape index (κ1) is 15.2. The van der Waals surface area contributed by atoms with Gasteiger partial charge >= 0.3 is 6.18 Å². The van der Waals surface area contributed by atoms with E-state index >= 15 is 0 Å². The van der Waals surface area contributed by atoms with Crippen LogP contribution in [0.5, 0.6) is 5.88 Å². The molecule has 0 amide bonds. The third-order valence-electron chi connectivity index (χ3n) is 3.46. The van der Waals surface area contributed by atoms with Crippen LogP contribution in [-0.4, -0.2) is 11.6 Å². The minimum atomic E-state index is -4.45. The minimum absolute atomic E-state index is 0.0772. The highest BCUT2D eigenvalue weighted by Crippen LogP contribution is 2.33. The highest BCUT2D eigenvalue weighted by Gasteiger charge is 2.32. The van der Waals surface area contributed by atoms with Gasteiger partial charge in [-0.15, -0.1) is 0 Å². The Bertz CT molecular complexity index is 502. The zero-order valence-electron chi connectivity index (χ0n) is 11.0. The molecule has 1 heterocycles. The van der Waals surface area contributed by atoms with E-state index in [-0.39, 0.29) is 17.0 Å². The molecule has 0 spiro atoms. The lowest BCUT2D eigenvalue weighted by Gasteiger charge is -2.25. The molecule has 0 fully saturated rings. The average molecular weight is 306 g/mol. The van der Waals surface area contributed by atoms with Gasteiger partial charge in [-0.1, -0.05) is 30.7 Å². The molecule has 0 saturated heterocycles. The maximum Gasteiger partial charge on any atom is 0.416 e. The summed E-state index contributed by atoms with van der Waals surface area (Å²) in [4.78, 5) is 3.78. The number of rotatable bonds is 3. The Morgan fingerprint density at radius 3 is 2.65 bits per heavy atom. The molecule has 0 saturated carbocycles. The number of alkyl halides is 3. The van der Waals surface area contributed by atoms with Gasteiger partial charge in [0, 0.05) is 6.07 Å². The molecular formula is C14H15ClF3NO. The first-order chi connectivity index (χ1) is 9.36. The van der Waals surface area contributed by atoms with Crippen molar-refractivity contribution < 1.29 is 17.9 Å².